The van der Waals surface area contributed by atoms with Crippen molar-refractivity contribution in [3.63, 3.8) is 0 Å². The number of rotatable bonds is 6. The largest absolute Gasteiger partial charge is 0.434 e. The first-order valence-corrected chi connectivity index (χ1v) is 6.97. The maximum atomic E-state index is 12.5. The summed E-state index contributed by atoms with van der Waals surface area (Å²) >= 11 is 0. The first-order chi connectivity index (χ1) is 11.4. The number of nitro groups is 1. The van der Waals surface area contributed by atoms with Crippen LogP contribution in [0.25, 0.3) is 0 Å². The van der Waals surface area contributed by atoms with E-state index < -0.39 is 11.5 Å². The zero-order chi connectivity index (χ0) is 17.7. The molecule has 0 amide bonds. The summed E-state index contributed by atoms with van der Waals surface area (Å²) in [6.07, 6.45) is 0. The van der Waals surface area contributed by atoms with E-state index in [0.29, 0.717) is 17.0 Å². The van der Waals surface area contributed by atoms with Gasteiger partial charge in [-0.1, -0.05) is 17.7 Å². The van der Waals surface area contributed by atoms with Gasteiger partial charge < -0.3 is 4.74 Å². The fourth-order valence-electron chi connectivity index (χ4n) is 2.02. The number of hydrogen-bond acceptors (Lipinski definition) is 5. The number of ether oxygens (including phenoxy) is 1. The molecule has 0 unspecified atom stereocenters. The Labute approximate surface area is 136 Å². The highest BCUT2D eigenvalue weighted by Crippen LogP contribution is 2.23. The van der Waals surface area contributed by atoms with Gasteiger partial charge in [0, 0.05) is 17.7 Å². The maximum absolute atomic E-state index is 12.5. The summed E-state index contributed by atoms with van der Waals surface area (Å²) in [6.45, 7) is 0.498. The molecular formula is C16H15F2N3O3. The number of alkyl halides is 2. The van der Waals surface area contributed by atoms with E-state index in [1.165, 1.54) is 24.3 Å². The third kappa shape index (κ3) is 4.48. The summed E-state index contributed by atoms with van der Waals surface area (Å²) in [7, 11) is 0. The third-order valence-electron chi connectivity index (χ3n) is 3.15. The minimum Gasteiger partial charge on any atom is -0.434 e. The molecule has 2 aromatic rings. The summed E-state index contributed by atoms with van der Waals surface area (Å²) in [5, 5.41) is 14.8. The van der Waals surface area contributed by atoms with Crippen molar-refractivity contribution in [1.82, 2.24) is 0 Å². The van der Waals surface area contributed by atoms with Crippen LogP contribution < -0.4 is 10.2 Å². The van der Waals surface area contributed by atoms with Crippen molar-refractivity contribution in [3.8, 4) is 5.75 Å². The highest BCUT2D eigenvalue weighted by molar-refractivity contribution is 6.01. The molecule has 0 aliphatic rings. The van der Waals surface area contributed by atoms with Crippen molar-refractivity contribution < 1.29 is 18.4 Å². The smallest absolute Gasteiger partial charge is 0.387 e. The number of nitro benzene ring substituents is 1. The maximum Gasteiger partial charge on any atom is 0.387 e. The number of nitrogens with one attached hydrogen (secondary N) is 1. The first-order valence-electron chi connectivity index (χ1n) is 6.97. The topological polar surface area (TPSA) is 76.8 Å². The SMILES string of the molecule is C/C(=N/Nc1cccc([N+](=O)[O-])c1)c1cc(C)ccc1OC(F)F. The molecule has 0 bridgehead atoms. The molecule has 0 aliphatic carbocycles. The highest BCUT2D eigenvalue weighted by atomic mass is 19.3. The van der Waals surface area contributed by atoms with Crippen LogP contribution >= 0.6 is 0 Å². The van der Waals surface area contributed by atoms with Crippen LogP contribution in [0.15, 0.2) is 47.6 Å². The summed E-state index contributed by atoms with van der Waals surface area (Å²) in [6, 6.07) is 10.6. The molecule has 8 heteroatoms. The van der Waals surface area contributed by atoms with Gasteiger partial charge in [0.2, 0.25) is 0 Å². The monoisotopic (exact) mass is 335 g/mol. The van der Waals surface area contributed by atoms with Crippen LogP contribution in [-0.2, 0) is 0 Å². The second-order valence-electron chi connectivity index (χ2n) is 4.99. The zero-order valence-corrected chi connectivity index (χ0v) is 13.0. The van der Waals surface area contributed by atoms with Crippen LogP contribution in [0, 0.1) is 17.0 Å². The van der Waals surface area contributed by atoms with Gasteiger partial charge in [-0.2, -0.15) is 13.9 Å². The molecular weight excluding hydrogens is 320 g/mol. The number of non-ortho nitro benzene ring substituents is 1. The Balaban J connectivity index is 2.26. The van der Waals surface area contributed by atoms with E-state index in [2.05, 4.69) is 15.3 Å². The lowest BCUT2D eigenvalue weighted by atomic mass is 10.1. The predicted molar refractivity (Wildman–Crippen MR) is 86.7 cm³/mol. The normalized spacial score (nSPS) is 11.5. The number of halogens is 2. The lowest BCUT2D eigenvalue weighted by Crippen LogP contribution is -2.08. The van der Waals surface area contributed by atoms with E-state index in [4.69, 9.17) is 0 Å². The summed E-state index contributed by atoms with van der Waals surface area (Å²) < 4.78 is 29.5. The number of hydrogen-bond donors (Lipinski definition) is 1. The minimum absolute atomic E-state index is 0.0118. The van der Waals surface area contributed by atoms with Crippen molar-refractivity contribution in [2.75, 3.05) is 5.43 Å². The van der Waals surface area contributed by atoms with Gasteiger partial charge in [-0.05, 0) is 32.0 Å². The van der Waals surface area contributed by atoms with E-state index in [1.54, 1.807) is 25.1 Å². The van der Waals surface area contributed by atoms with Gasteiger partial charge in [0.15, 0.2) is 0 Å². The van der Waals surface area contributed by atoms with Crippen molar-refractivity contribution >= 4 is 17.1 Å². The molecule has 0 heterocycles. The number of hydrazone groups is 1. The van der Waals surface area contributed by atoms with E-state index >= 15 is 0 Å². The van der Waals surface area contributed by atoms with Crippen LogP contribution in [0.4, 0.5) is 20.2 Å². The number of benzene rings is 2. The van der Waals surface area contributed by atoms with Gasteiger partial charge in [0.25, 0.3) is 5.69 Å². The second-order valence-corrected chi connectivity index (χ2v) is 4.99. The molecule has 2 aromatic carbocycles. The first kappa shape index (κ1) is 17.3. The van der Waals surface area contributed by atoms with Gasteiger partial charge in [0.1, 0.15) is 5.75 Å². The van der Waals surface area contributed by atoms with E-state index in [9.17, 15) is 18.9 Å². The third-order valence-corrected chi connectivity index (χ3v) is 3.15. The zero-order valence-electron chi connectivity index (χ0n) is 13.0. The lowest BCUT2D eigenvalue weighted by Gasteiger charge is -2.11. The van der Waals surface area contributed by atoms with Crippen molar-refractivity contribution in [2.45, 2.75) is 20.5 Å². The lowest BCUT2D eigenvalue weighted by molar-refractivity contribution is -0.384. The standard InChI is InChI=1S/C16H15F2N3O3/c1-10-6-7-15(24-16(17)18)14(8-10)11(2)19-20-12-4-3-5-13(9-12)21(22)23/h3-9,16,20H,1-2H3/b19-11-. The molecule has 2 rings (SSSR count). The molecule has 0 aromatic heterocycles. The van der Waals surface area contributed by atoms with E-state index in [0.717, 1.165) is 5.56 Å². The molecule has 6 nitrogen and oxygen atoms in total. The molecule has 0 fully saturated rings. The van der Waals surface area contributed by atoms with E-state index in [-0.39, 0.29) is 11.4 Å². The molecule has 24 heavy (non-hydrogen) atoms. The Morgan fingerprint density at radius 3 is 2.71 bits per heavy atom. The summed E-state index contributed by atoms with van der Waals surface area (Å²) in [5.74, 6) is 0.0118. The van der Waals surface area contributed by atoms with Crippen LogP contribution in [0.1, 0.15) is 18.1 Å². The molecule has 0 saturated carbocycles. The molecule has 0 saturated heterocycles. The Bertz CT molecular complexity index is 779. The minimum atomic E-state index is -2.94. The molecule has 0 spiro atoms. The molecule has 0 aliphatic heterocycles. The number of aryl methyl sites for hydroxylation is 1. The van der Waals surface area contributed by atoms with Crippen molar-refractivity contribution in [1.29, 1.82) is 0 Å². The summed E-state index contributed by atoms with van der Waals surface area (Å²) in [4.78, 5) is 10.2. The fourth-order valence-corrected chi connectivity index (χ4v) is 2.02. The van der Waals surface area contributed by atoms with Crippen LogP contribution in [0.5, 0.6) is 5.75 Å². The summed E-state index contributed by atoms with van der Waals surface area (Å²) in [5.41, 5.74) is 4.68. The fraction of sp³-hybridized carbons (Fsp3) is 0.188. The number of nitrogens with zero attached hydrogens (tertiary/aromatic N) is 2. The van der Waals surface area contributed by atoms with Gasteiger partial charge in [-0.3, -0.25) is 15.5 Å². The van der Waals surface area contributed by atoms with Gasteiger partial charge in [-0.25, -0.2) is 0 Å². The van der Waals surface area contributed by atoms with Crippen molar-refractivity contribution in [2.24, 2.45) is 5.10 Å². The van der Waals surface area contributed by atoms with Crippen LogP contribution in [0.3, 0.4) is 0 Å². The van der Waals surface area contributed by atoms with Crippen LogP contribution in [-0.4, -0.2) is 17.2 Å². The highest BCUT2D eigenvalue weighted by Gasteiger charge is 2.12. The number of anilines is 1. The second kappa shape index (κ2) is 7.49. The average Bonchev–Trinajstić information content (AvgIpc) is 2.54. The molecule has 126 valence electrons. The molecule has 0 atom stereocenters. The quantitative estimate of drug-likeness (QED) is 0.484. The van der Waals surface area contributed by atoms with Gasteiger partial charge in [-0.15, -0.1) is 0 Å². The Morgan fingerprint density at radius 2 is 2.04 bits per heavy atom. The molecule has 1 N–H and O–H groups in total. The van der Waals surface area contributed by atoms with Gasteiger partial charge in [0.05, 0.1) is 16.3 Å². The van der Waals surface area contributed by atoms with Gasteiger partial charge >= 0.3 is 6.61 Å². The molecule has 0 radical (unpaired) electrons. The Morgan fingerprint density at radius 1 is 1.29 bits per heavy atom. The van der Waals surface area contributed by atoms with Crippen LogP contribution in [0.2, 0.25) is 0 Å². The van der Waals surface area contributed by atoms with E-state index in [1.807, 2.05) is 6.92 Å². The average molecular weight is 335 g/mol. The Kier molecular flexibility index (Phi) is 5.41. The predicted octanol–water partition coefficient (Wildman–Crippen LogP) is 4.34. The Hall–Kier alpha value is -3.03. The van der Waals surface area contributed by atoms with Crippen molar-refractivity contribution in [3.05, 3.63) is 63.7 Å².